The van der Waals surface area contributed by atoms with Crippen molar-refractivity contribution in [2.45, 2.75) is 70.0 Å². The third-order valence-corrected chi connectivity index (χ3v) is 5.22. The van der Waals surface area contributed by atoms with Crippen LogP contribution >= 0.6 is 0 Å². The number of fused-ring (bicyclic) bond motifs is 1. The zero-order valence-electron chi connectivity index (χ0n) is 10.6. The highest BCUT2D eigenvalue weighted by Gasteiger charge is 2.39. The Labute approximate surface area is 99.8 Å². The summed E-state index contributed by atoms with van der Waals surface area (Å²) in [4.78, 5) is 2.72. The Morgan fingerprint density at radius 1 is 1.00 bits per heavy atom. The van der Waals surface area contributed by atoms with E-state index in [0.717, 1.165) is 24.0 Å². The van der Waals surface area contributed by atoms with Crippen molar-refractivity contribution in [3.05, 3.63) is 0 Å². The molecule has 2 heterocycles. The van der Waals surface area contributed by atoms with Crippen LogP contribution in [0.2, 0.25) is 0 Å². The largest absolute Gasteiger partial charge is 0.309 e. The van der Waals surface area contributed by atoms with Crippen molar-refractivity contribution in [2.75, 3.05) is 13.1 Å². The summed E-state index contributed by atoms with van der Waals surface area (Å²) in [5.74, 6) is 0.968. The van der Waals surface area contributed by atoms with Crippen LogP contribution in [0.25, 0.3) is 0 Å². The van der Waals surface area contributed by atoms with E-state index in [1.165, 1.54) is 58.0 Å². The van der Waals surface area contributed by atoms with Crippen LogP contribution in [-0.2, 0) is 0 Å². The molecule has 3 rings (SSSR count). The molecule has 1 aliphatic carbocycles. The SMILES string of the molecule is CCC1CCCC1NC1CCN2CCCC12. The summed E-state index contributed by atoms with van der Waals surface area (Å²) in [7, 11) is 0. The molecule has 0 radical (unpaired) electrons. The van der Waals surface area contributed by atoms with E-state index in [0.29, 0.717) is 0 Å². The first-order valence-corrected chi connectivity index (χ1v) is 7.38. The molecule has 1 N–H and O–H groups in total. The van der Waals surface area contributed by atoms with Gasteiger partial charge in [-0.2, -0.15) is 0 Å². The van der Waals surface area contributed by atoms with Crippen molar-refractivity contribution in [3.63, 3.8) is 0 Å². The molecule has 2 aliphatic heterocycles. The molecule has 0 spiro atoms. The van der Waals surface area contributed by atoms with Crippen LogP contribution in [0.1, 0.15) is 51.9 Å². The predicted molar refractivity (Wildman–Crippen MR) is 67.6 cm³/mol. The Morgan fingerprint density at radius 3 is 2.81 bits per heavy atom. The van der Waals surface area contributed by atoms with Crippen LogP contribution in [0.15, 0.2) is 0 Å². The monoisotopic (exact) mass is 222 g/mol. The lowest BCUT2D eigenvalue weighted by Gasteiger charge is -2.28. The number of nitrogens with one attached hydrogen (secondary N) is 1. The van der Waals surface area contributed by atoms with Gasteiger partial charge in [0.1, 0.15) is 0 Å². The summed E-state index contributed by atoms with van der Waals surface area (Å²) >= 11 is 0. The fraction of sp³-hybridized carbons (Fsp3) is 1.00. The standard InChI is InChI=1S/C14H26N2/c1-2-11-5-3-6-12(11)15-13-8-10-16-9-4-7-14(13)16/h11-15H,2-10H2,1H3. The quantitative estimate of drug-likeness (QED) is 0.789. The van der Waals surface area contributed by atoms with E-state index in [9.17, 15) is 0 Å². The van der Waals surface area contributed by atoms with E-state index >= 15 is 0 Å². The number of hydrogen-bond acceptors (Lipinski definition) is 2. The van der Waals surface area contributed by atoms with Gasteiger partial charge in [-0.25, -0.2) is 0 Å². The molecule has 4 atom stereocenters. The smallest absolute Gasteiger partial charge is 0.0250 e. The van der Waals surface area contributed by atoms with Gasteiger partial charge in [0, 0.05) is 24.7 Å². The molecule has 3 fully saturated rings. The molecule has 3 aliphatic rings. The number of nitrogens with zero attached hydrogens (tertiary/aromatic N) is 1. The van der Waals surface area contributed by atoms with E-state index in [-0.39, 0.29) is 0 Å². The molecule has 92 valence electrons. The topological polar surface area (TPSA) is 15.3 Å². The lowest BCUT2D eigenvalue weighted by atomic mass is 9.98. The molecule has 2 saturated heterocycles. The van der Waals surface area contributed by atoms with Crippen molar-refractivity contribution in [3.8, 4) is 0 Å². The summed E-state index contributed by atoms with van der Waals surface area (Å²) < 4.78 is 0. The van der Waals surface area contributed by atoms with Crippen molar-refractivity contribution in [2.24, 2.45) is 5.92 Å². The van der Waals surface area contributed by atoms with Gasteiger partial charge >= 0.3 is 0 Å². The number of hydrogen-bond donors (Lipinski definition) is 1. The summed E-state index contributed by atoms with van der Waals surface area (Å²) in [6.45, 7) is 5.08. The fourth-order valence-electron chi connectivity index (χ4n) is 4.30. The second-order valence-electron chi connectivity index (χ2n) is 6.01. The zero-order chi connectivity index (χ0) is 11.0. The van der Waals surface area contributed by atoms with Crippen LogP contribution in [0.3, 0.4) is 0 Å². The van der Waals surface area contributed by atoms with Gasteiger partial charge in [-0.3, -0.25) is 4.90 Å². The Morgan fingerprint density at radius 2 is 1.94 bits per heavy atom. The molecule has 1 saturated carbocycles. The molecule has 16 heavy (non-hydrogen) atoms. The summed E-state index contributed by atoms with van der Waals surface area (Å²) in [5.41, 5.74) is 0. The minimum Gasteiger partial charge on any atom is -0.309 e. The molecule has 4 unspecified atom stereocenters. The van der Waals surface area contributed by atoms with Crippen molar-refractivity contribution in [1.82, 2.24) is 10.2 Å². The van der Waals surface area contributed by atoms with Gasteiger partial charge in [-0.1, -0.05) is 19.8 Å². The van der Waals surface area contributed by atoms with Gasteiger partial charge in [0.25, 0.3) is 0 Å². The highest BCUT2D eigenvalue weighted by atomic mass is 15.2. The normalized spacial score (nSPS) is 44.1. The summed E-state index contributed by atoms with van der Waals surface area (Å²) in [6.07, 6.45) is 10.0. The third-order valence-electron chi connectivity index (χ3n) is 5.22. The van der Waals surface area contributed by atoms with E-state index in [1.54, 1.807) is 0 Å². The fourth-order valence-corrected chi connectivity index (χ4v) is 4.30. The van der Waals surface area contributed by atoms with Crippen molar-refractivity contribution < 1.29 is 0 Å². The molecule has 0 amide bonds. The van der Waals surface area contributed by atoms with Gasteiger partial charge in [-0.15, -0.1) is 0 Å². The van der Waals surface area contributed by atoms with E-state index < -0.39 is 0 Å². The molecular weight excluding hydrogens is 196 g/mol. The van der Waals surface area contributed by atoms with Crippen LogP contribution < -0.4 is 5.32 Å². The van der Waals surface area contributed by atoms with Gasteiger partial charge in [0.05, 0.1) is 0 Å². The van der Waals surface area contributed by atoms with Crippen LogP contribution in [0, 0.1) is 5.92 Å². The van der Waals surface area contributed by atoms with Gasteiger partial charge in [-0.05, 0) is 44.6 Å². The maximum Gasteiger partial charge on any atom is 0.0250 e. The van der Waals surface area contributed by atoms with Gasteiger partial charge in [0.15, 0.2) is 0 Å². The van der Waals surface area contributed by atoms with Gasteiger partial charge < -0.3 is 5.32 Å². The maximum atomic E-state index is 4.01. The zero-order valence-corrected chi connectivity index (χ0v) is 10.6. The first-order chi connectivity index (χ1) is 7.88. The molecule has 2 nitrogen and oxygen atoms in total. The molecule has 0 aromatic rings. The van der Waals surface area contributed by atoms with Crippen LogP contribution in [0.5, 0.6) is 0 Å². The Kier molecular flexibility index (Phi) is 3.21. The first-order valence-electron chi connectivity index (χ1n) is 7.38. The Bertz CT molecular complexity index is 241. The van der Waals surface area contributed by atoms with E-state index in [4.69, 9.17) is 0 Å². The molecule has 2 heteroatoms. The molecular formula is C14H26N2. The second-order valence-corrected chi connectivity index (χ2v) is 6.01. The van der Waals surface area contributed by atoms with Crippen LogP contribution in [-0.4, -0.2) is 36.1 Å². The third kappa shape index (κ3) is 1.91. The highest BCUT2D eigenvalue weighted by molar-refractivity contribution is 4.98. The average Bonchev–Trinajstić information content (AvgIpc) is 2.96. The minimum absolute atomic E-state index is 0.819. The lowest BCUT2D eigenvalue weighted by molar-refractivity contribution is 0.273. The first kappa shape index (κ1) is 11.0. The lowest BCUT2D eigenvalue weighted by Crippen LogP contribution is -2.45. The number of rotatable bonds is 3. The Balaban J connectivity index is 1.58. The van der Waals surface area contributed by atoms with Crippen LogP contribution in [0.4, 0.5) is 0 Å². The van der Waals surface area contributed by atoms with Crippen molar-refractivity contribution >= 4 is 0 Å². The second kappa shape index (κ2) is 4.66. The van der Waals surface area contributed by atoms with Gasteiger partial charge in [0.2, 0.25) is 0 Å². The summed E-state index contributed by atoms with van der Waals surface area (Å²) in [5, 5.41) is 4.01. The molecule has 0 aromatic heterocycles. The average molecular weight is 222 g/mol. The van der Waals surface area contributed by atoms with E-state index in [2.05, 4.69) is 17.1 Å². The maximum absolute atomic E-state index is 4.01. The highest BCUT2D eigenvalue weighted by Crippen LogP contribution is 2.32. The Hall–Kier alpha value is -0.0800. The predicted octanol–water partition coefficient (Wildman–Crippen LogP) is 2.39. The van der Waals surface area contributed by atoms with E-state index in [1.807, 2.05) is 0 Å². The van der Waals surface area contributed by atoms with Crippen molar-refractivity contribution in [1.29, 1.82) is 0 Å². The molecule has 0 bridgehead atoms. The summed E-state index contributed by atoms with van der Waals surface area (Å²) in [6, 6.07) is 2.55. The molecule has 0 aromatic carbocycles. The minimum atomic E-state index is 0.819.